The molecule has 0 bridgehead atoms. The van der Waals surface area contributed by atoms with Crippen LogP contribution in [-0.4, -0.2) is 26.4 Å². The second-order valence-electron chi connectivity index (χ2n) is 6.86. The number of hydrogen-bond acceptors (Lipinski definition) is 6. The van der Waals surface area contributed by atoms with E-state index < -0.39 is 10.0 Å². The van der Waals surface area contributed by atoms with Gasteiger partial charge in [0.25, 0.3) is 15.9 Å². The van der Waals surface area contributed by atoms with Crippen molar-refractivity contribution in [1.29, 1.82) is 0 Å². The molecule has 0 saturated heterocycles. The summed E-state index contributed by atoms with van der Waals surface area (Å²) in [6, 6.07) is 20.2. The Bertz CT molecular complexity index is 1390. The van der Waals surface area contributed by atoms with Crippen LogP contribution in [0.2, 0.25) is 0 Å². The first-order chi connectivity index (χ1) is 15.8. The predicted molar refractivity (Wildman–Crippen MR) is 138 cm³/mol. The standard InChI is InChI=1S/C23H18IN3O4S2/c1-31-19-9-11-20(12-10-19)33(29,30)27-18-4-2-3-16(13-18)22(28)26-23-25-21(14-32-23)15-5-7-17(24)8-6-15/h2-14,27H,1H3,(H,25,26,28). The van der Waals surface area contributed by atoms with Crippen molar-refractivity contribution in [3.8, 4) is 17.0 Å². The summed E-state index contributed by atoms with van der Waals surface area (Å²) in [7, 11) is -2.31. The van der Waals surface area contributed by atoms with E-state index >= 15 is 0 Å². The number of aromatic nitrogens is 1. The highest BCUT2D eigenvalue weighted by molar-refractivity contribution is 14.1. The second kappa shape index (κ2) is 9.89. The van der Waals surface area contributed by atoms with Gasteiger partial charge in [-0.3, -0.25) is 14.8 Å². The molecule has 0 atom stereocenters. The molecule has 1 amide bonds. The number of amides is 1. The average Bonchev–Trinajstić information content (AvgIpc) is 3.28. The first kappa shape index (κ1) is 23.2. The fraction of sp³-hybridized carbons (Fsp3) is 0.0435. The maximum absolute atomic E-state index is 12.7. The number of rotatable bonds is 7. The number of carbonyl (C=O) groups is 1. The third-order valence-electron chi connectivity index (χ3n) is 4.61. The van der Waals surface area contributed by atoms with E-state index in [1.54, 1.807) is 30.3 Å². The topological polar surface area (TPSA) is 97.4 Å². The Kier molecular flexibility index (Phi) is 6.96. The first-order valence-corrected chi connectivity index (χ1v) is 13.1. The number of nitrogens with one attached hydrogen (secondary N) is 2. The fourth-order valence-electron chi connectivity index (χ4n) is 2.95. The van der Waals surface area contributed by atoms with Crippen molar-refractivity contribution in [2.24, 2.45) is 0 Å². The van der Waals surface area contributed by atoms with Gasteiger partial charge in [0.1, 0.15) is 5.75 Å². The second-order valence-corrected chi connectivity index (χ2v) is 10.6. The van der Waals surface area contributed by atoms with E-state index in [2.05, 4.69) is 37.6 Å². The molecule has 2 N–H and O–H groups in total. The molecular weight excluding hydrogens is 573 g/mol. The lowest BCUT2D eigenvalue weighted by Crippen LogP contribution is -2.15. The Morgan fingerprint density at radius 2 is 1.76 bits per heavy atom. The van der Waals surface area contributed by atoms with Crippen molar-refractivity contribution in [1.82, 2.24) is 4.98 Å². The minimum atomic E-state index is -3.82. The third kappa shape index (κ3) is 5.70. The number of carbonyl (C=O) groups excluding carboxylic acids is 1. The van der Waals surface area contributed by atoms with Gasteiger partial charge in [-0.2, -0.15) is 0 Å². The number of halogens is 1. The van der Waals surface area contributed by atoms with Crippen molar-refractivity contribution in [2.75, 3.05) is 17.1 Å². The zero-order valence-corrected chi connectivity index (χ0v) is 21.1. The van der Waals surface area contributed by atoms with E-state index in [-0.39, 0.29) is 16.5 Å². The lowest BCUT2D eigenvalue weighted by atomic mass is 10.2. The van der Waals surface area contributed by atoms with Gasteiger partial charge in [0, 0.05) is 25.8 Å². The highest BCUT2D eigenvalue weighted by Gasteiger charge is 2.16. The monoisotopic (exact) mass is 591 g/mol. The minimum Gasteiger partial charge on any atom is -0.497 e. The van der Waals surface area contributed by atoms with E-state index in [0.717, 1.165) is 14.8 Å². The van der Waals surface area contributed by atoms with Crippen LogP contribution < -0.4 is 14.8 Å². The number of anilines is 2. The molecular formula is C23H18IN3O4S2. The van der Waals surface area contributed by atoms with Crippen LogP contribution in [0.3, 0.4) is 0 Å². The maximum Gasteiger partial charge on any atom is 0.261 e. The van der Waals surface area contributed by atoms with Gasteiger partial charge in [0.15, 0.2) is 5.13 Å². The highest BCUT2D eigenvalue weighted by Crippen LogP contribution is 2.26. The molecule has 0 unspecified atom stereocenters. The van der Waals surface area contributed by atoms with Gasteiger partial charge in [0.05, 0.1) is 17.7 Å². The predicted octanol–water partition coefficient (Wildman–Crippen LogP) is 5.48. The average molecular weight is 591 g/mol. The molecule has 0 radical (unpaired) electrons. The lowest BCUT2D eigenvalue weighted by molar-refractivity contribution is 0.102. The van der Waals surface area contributed by atoms with Crippen LogP contribution in [0.15, 0.2) is 83.1 Å². The van der Waals surface area contributed by atoms with Gasteiger partial charge in [-0.05, 0) is 77.2 Å². The number of methoxy groups -OCH3 is 1. The molecule has 0 saturated carbocycles. The summed E-state index contributed by atoms with van der Waals surface area (Å²) in [5.41, 5.74) is 2.31. The van der Waals surface area contributed by atoms with E-state index in [0.29, 0.717) is 16.4 Å². The van der Waals surface area contributed by atoms with E-state index in [9.17, 15) is 13.2 Å². The van der Waals surface area contributed by atoms with Crippen LogP contribution in [0.4, 0.5) is 10.8 Å². The van der Waals surface area contributed by atoms with Crippen LogP contribution in [0.5, 0.6) is 5.75 Å². The number of sulfonamides is 1. The van der Waals surface area contributed by atoms with Gasteiger partial charge in [-0.15, -0.1) is 11.3 Å². The molecule has 4 aromatic rings. The summed E-state index contributed by atoms with van der Waals surface area (Å²) in [4.78, 5) is 17.3. The normalized spacial score (nSPS) is 11.1. The van der Waals surface area contributed by atoms with Crippen molar-refractivity contribution >= 4 is 60.7 Å². The number of hydrogen-bond donors (Lipinski definition) is 2. The molecule has 0 aliphatic carbocycles. The van der Waals surface area contributed by atoms with Crippen LogP contribution in [0, 0.1) is 3.57 Å². The largest absolute Gasteiger partial charge is 0.497 e. The summed E-state index contributed by atoms with van der Waals surface area (Å²) < 4.78 is 34.0. The van der Waals surface area contributed by atoms with Crippen LogP contribution in [0.1, 0.15) is 10.4 Å². The van der Waals surface area contributed by atoms with Crippen molar-refractivity contribution in [3.63, 3.8) is 0 Å². The van der Waals surface area contributed by atoms with Gasteiger partial charge in [-0.1, -0.05) is 18.2 Å². The number of benzene rings is 3. The Morgan fingerprint density at radius 1 is 1.03 bits per heavy atom. The van der Waals surface area contributed by atoms with E-state index in [4.69, 9.17) is 4.74 Å². The van der Waals surface area contributed by atoms with Crippen LogP contribution in [-0.2, 0) is 10.0 Å². The van der Waals surface area contributed by atoms with Gasteiger partial charge in [-0.25, -0.2) is 13.4 Å². The molecule has 4 rings (SSSR count). The minimum absolute atomic E-state index is 0.0871. The molecule has 0 aliphatic heterocycles. The molecule has 1 heterocycles. The Labute approximate surface area is 209 Å². The first-order valence-electron chi connectivity index (χ1n) is 9.64. The van der Waals surface area contributed by atoms with Crippen LogP contribution >= 0.6 is 33.9 Å². The van der Waals surface area contributed by atoms with E-state index in [1.165, 1.54) is 36.6 Å². The molecule has 3 aromatic carbocycles. The molecule has 10 heteroatoms. The van der Waals surface area contributed by atoms with E-state index in [1.807, 2.05) is 29.6 Å². The van der Waals surface area contributed by atoms with Crippen molar-refractivity contribution in [3.05, 3.63) is 87.3 Å². The summed E-state index contributed by atoms with van der Waals surface area (Å²) in [6.07, 6.45) is 0. The zero-order valence-electron chi connectivity index (χ0n) is 17.3. The SMILES string of the molecule is COc1ccc(S(=O)(=O)Nc2cccc(C(=O)Nc3nc(-c4ccc(I)cc4)cs3)c2)cc1. The lowest BCUT2D eigenvalue weighted by Gasteiger charge is -2.10. The molecule has 0 aliphatic rings. The summed E-state index contributed by atoms with van der Waals surface area (Å²) in [6.45, 7) is 0. The highest BCUT2D eigenvalue weighted by atomic mass is 127. The Balaban J connectivity index is 1.47. The summed E-state index contributed by atoms with van der Waals surface area (Å²) in [5.74, 6) is 0.170. The Morgan fingerprint density at radius 3 is 2.45 bits per heavy atom. The smallest absolute Gasteiger partial charge is 0.261 e. The van der Waals surface area contributed by atoms with Crippen molar-refractivity contribution in [2.45, 2.75) is 4.90 Å². The van der Waals surface area contributed by atoms with Gasteiger partial charge in [0.2, 0.25) is 0 Å². The molecule has 1 aromatic heterocycles. The number of thiazole rings is 1. The summed E-state index contributed by atoms with van der Waals surface area (Å²) in [5, 5.41) is 5.10. The third-order valence-corrected chi connectivity index (χ3v) is 7.49. The summed E-state index contributed by atoms with van der Waals surface area (Å²) >= 11 is 3.56. The quantitative estimate of drug-likeness (QED) is 0.278. The van der Waals surface area contributed by atoms with Crippen LogP contribution in [0.25, 0.3) is 11.3 Å². The number of ether oxygens (including phenoxy) is 1. The molecule has 7 nitrogen and oxygen atoms in total. The zero-order chi connectivity index (χ0) is 23.4. The van der Waals surface area contributed by atoms with Gasteiger partial charge >= 0.3 is 0 Å². The molecule has 168 valence electrons. The maximum atomic E-state index is 12.7. The number of nitrogens with zero attached hydrogens (tertiary/aromatic N) is 1. The Hall–Kier alpha value is -2.96. The molecule has 0 spiro atoms. The van der Waals surface area contributed by atoms with Crippen molar-refractivity contribution < 1.29 is 17.9 Å². The fourth-order valence-corrected chi connectivity index (χ4v) is 5.07. The molecule has 0 fully saturated rings. The van der Waals surface area contributed by atoms with Gasteiger partial charge < -0.3 is 4.74 Å². The molecule has 33 heavy (non-hydrogen) atoms.